The summed E-state index contributed by atoms with van der Waals surface area (Å²) >= 11 is 0. The number of fused-ring (bicyclic) bond motifs is 1. The van der Waals surface area contributed by atoms with Gasteiger partial charge in [-0.15, -0.1) is 0 Å². The molecule has 1 aliphatic heterocycles. The molecule has 1 aliphatic carbocycles. The van der Waals surface area contributed by atoms with Crippen molar-refractivity contribution in [1.82, 2.24) is 4.57 Å². The first-order valence-electron chi connectivity index (χ1n) is 6.50. The van der Waals surface area contributed by atoms with Gasteiger partial charge >= 0.3 is 0 Å². The maximum atomic E-state index is 11.7. The zero-order chi connectivity index (χ0) is 13.0. The van der Waals surface area contributed by atoms with E-state index in [4.69, 9.17) is 0 Å². The van der Waals surface area contributed by atoms with Crippen LogP contribution in [0.5, 0.6) is 0 Å². The van der Waals surface area contributed by atoms with E-state index in [0.717, 1.165) is 30.5 Å². The number of rotatable bonds is 1. The predicted octanol–water partition coefficient (Wildman–Crippen LogP) is 1.39. The molecule has 4 nitrogen and oxygen atoms in total. The van der Waals surface area contributed by atoms with E-state index in [9.17, 15) is 13.5 Å². The van der Waals surface area contributed by atoms with Crippen molar-refractivity contribution >= 4 is 9.84 Å². The molecule has 1 fully saturated rings. The Morgan fingerprint density at radius 3 is 2.94 bits per heavy atom. The first kappa shape index (κ1) is 12.2. The molecular formula is C13H19NO3S. The zero-order valence-corrected chi connectivity index (χ0v) is 11.4. The van der Waals surface area contributed by atoms with Gasteiger partial charge in [-0.25, -0.2) is 8.42 Å². The van der Waals surface area contributed by atoms with Gasteiger partial charge in [-0.2, -0.15) is 0 Å². The molecule has 2 aliphatic rings. The van der Waals surface area contributed by atoms with Crippen LogP contribution in [0.3, 0.4) is 0 Å². The van der Waals surface area contributed by atoms with Gasteiger partial charge in [0.15, 0.2) is 9.84 Å². The molecule has 0 amide bonds. The highest BCUT2D eigenvalue weighted by atomic mass is 32.2. The average molecular weight is 269 g/mol. The maximum absolute atomic E-state index is 11.7. The molecule has 18 heavy (non-hydrogen) atoms. The van der Waals surface area contributed by atoms with Crippen LogP contribution in [0, 0.1) is 0 Å². The molecule has 0 spiro atoms. The minimum Gasteiger partial charge on any atom is -0.388 e. The fraction of sp³-hybridized carbons (Fsp3) is 0.692. The molecule has 0 aromatic carbocycles. The Morgan fingerprint density at radius 2 is 2.28 bits per heavy atom. The Hall–Kier alpha value is -0.810. The van der Waals surface area contributed by atoms with Crippen molar-refractivity contribution < 1.29 is 13.5 Å². The third-order valence-electron chi connectivity index (χ3n) is 4.34. The highest BCUT2D eigenvalue weighted by molar-refractivity contribution is 7.91. The van der Waals surface area contributed by atoms with Crippen LogP contribution in [0.15, 0.2) is 12.3 Å². The Balaban J connectivity index is 2.04. The molecule has 1 saturated heterocycles. The van der Waals surface area contributed by atoms with Gasteiger partial charge in [0, 0.05) is 17.5 Å². The Morgan fingerprint density at radius 1 is 1.50 bits per heavy atom. The number of aliphatic hydroxyl groups excluding tert-OH is 1. The van der Waals surface area contributed by atoms with Gasteiger partial charge in [0.25, 0.3) is 0 Å². The highest BCUT2D eigenvalue weighted by Crippen LogP contribution is 2.37. The summed E-state index contributed by atoms with van der Waals surface area (Å²) in [5.74, 6) is 0.496. The van der Waals surface area contributed by atoms with E-state index in [-0.39, 0.29) is 23.1 Å². The molecule has 3 rings (SSSR count). The highest BCUT2D eigenvalue weighted by Gasteiger charge is 2.41. The lowest BCUT2D eigenvalue weighted by Crippen LogP contribution is -2.33. The van der Waals surface area contributed by atoms with Gasteiger partial charge in [0.2, 0.25) is 0 Å². The molecule has 2 heterocycles. The van der Waals surface area contributed by atoms with Crippen LogP contribution < -0.4 is 0 Å². The molecule has 0 saturated carbocycles. The molecular weight excluding hydrogens is 250 g/mol. The molecule has 2 atom stereocenters. The second-order valence-electron chi connectivity index (χ2n) is 5.83. The fourth-order valence-corrected chi connectivity index (χ4v) is 5.48. The smallest absolute Gasteiger partial charge is 0.152 e. The number of hydrogen-bond donors (Lipinski definition) is 1. The molecule has 2 unspecified atom stereocenters. The Labute approximate surface area is 108 Å². The number of nitrogens with zero attached hydrogens (tertiary/aromatic N) is 1. The van der Waals surface area contributed by atoms with Crippen molar-refractivity contribution in [3.63, 3.8) is 0 Å². The van der Waals surface area contributed by atoms with Crippen LogP contribution in [0.2, 0.25) is 0 Å². The number of hydrogen-bond acceptors (Lipinski definition) is 3. The summed E-state index contributed by atoms with van der Waals surface area (Å²) in [7, 11) is -2.90. The molecule has 100 valence electrons. The number of aliphatic hydroxyl groups is 1. The summed E-state index contributed by atoms with van der Waals surface area (Å²) < 4.78 is 25.5. The van der Waals surface area contributed by atoms with Gasteiger partial charge in [0.05, 0.1) is 23.1 Å². The standard InChI is InChI=1S/C13H19NO3S/c1-13(6-8-18(16,17)9-13)14-7-5-10-11(14)3-2-4-12(10)15/h5,7,12,15H,2-4,6,8-9H2,1H3. The van der Waals surface area contributed by atoms with E-state index >= 15 is 0 Å². The maximum Gasteiger partial charge on any atom is 0.152 e. The van der Waals surface area contributed by atoms with Crippen LogP contribution in [-0.4, -0.2) is 29.6 Å². The van der Waals surface area contributed by atoms with E-state index < -0.39 is 9.84 Å². The lowest BCUT2D eigenvalue weighted by Gasteiger charge is -2.30. The summed E-state index contributed by atoms with van der Waals surface area (Å²) in [6.45, 7) is 2.01. The summed E-state index contributed by atoms with van der Waals surface area (Å²) in [6, 6.07) is 1.95. The first-order chi connectivity index (χ1) is 8.41. The van der Waals surface area contributed by atoms with Crippen LogP contribution in [0.4, 0.5) is 0 Å². The molecule has 1 aromatic heterocycles. The molecule has 0 radical (unpaired) electrons. The quantitative estimate of drug-likeness (QED) is 0.838. The van der Waals surface area contributed by atoms with E-state index in [1.165, 1.54) is 0 Å². The predicted molar refractivity (Wildman–Crippen MR) is 69.2 cm³/mol. The van der Waals surface area contributed by atoms with E-state index in [2.05, 4.69) is 4.57 Å². The van der Waals surface area contributed by atoms with Crippen molar-refractivity contribution in [2.75, 3.05) is 11.5 Å². The van der Waals surface area contributed by atoms with Crippen LogP contribution in [0.25, 0.3) is 0 Å². The molecule has 1 aromatic rings. The topological polar surface area (TPSA) is 59.3 Å². The lowest BCUT2D eigenvalue weighted by atomic mass is 9.93. The third kappa shape index (κ3) is 1.80. The van der Waals surface area contributed by atoms with Gasteiger partial charge in [-0.1, -0.05) is 0 Å². The van der Waals surface area contributed by atoms with Crippen molar-refractivity contribution in [2.24, 2.45) is 0 Å². The monoisotopic (exact) mass is 269 g/mol. The second kappa shape index (κ2) is 3.84. The molecule has 1 N–H and O–H groups in total. The number of sulfone groups is 1. The minimum absolute atomic E-state index is 0.219. The summed E-state index contributed by atoms with van der Waals surface area (Å²) in [5, 5.41) is 9.97. The van der Waals surface area contributed by atoms with Crippen LogP contribution in [-0.2, 0) is 21.8 Å². The van der Waals surface area contributed by atoms with E-state index in [0.29, 0.717) is 6.42 Å². The summed E-state index contributed by atoms with van der Waals surface area (Å²) in [4.78, 5) is 0. The van der Waals surface area contributed by atoms with Gasteiger partial charge in [0.1, 0.15) is 0 Å². The zero-order valence-electron chi connectivity index (χ0n) is 10.6. The second-order valence-corrected chi connectivity index (χ2v) is 8.02. The van der Waals surface area contributed by atoms with Crippen molar-refractivity contribution in [3.8, 4) is 0 Å². The molecule has 0 bridgehead atoms. The van der Waals surface area contributed by atoms with Gasteiger partial charge in [-0.3, -0.25) is 0 Å². The van der Waals surface area contributed by atoms with Crippen molar-refractivity contribution in [3.05, 3.63) is 23.5 Å². The Kier molecular flexibility index (Phi) is 2.61. The minimum atomic E-state index is -2.90. The van der Waals surface area contributed by atoms with E-state index in [1.807, 2.05) is 19.2 Å². The SMILES string of the molecule is CC1(n2ccc3c2CCCC3O)CCS(=O)(=O)C1. The van der Waals surface area contributed by atoms with E-state index in [1.54, 1.807) is 0 Å². The van der Waals surface area contributed by atoms with Crippen molar-refractivity contribution in [2.45, 2.75) is 44.2 Å². The summed E-state index contributed by atoms with van der Waals surface area (Å²) in [6.07, 6.45) is 4.98. The third-order valence-corrected chi connectivity index (χ3v) is 6.23. The fourth-order valence-electron chi connectivity index (χ4n) is 3.36. The Bertz CT molecular complexity index is 575. The normalized spacial score (nSPS) is 34.4. The average Bonchev–Trinajstić information content (AvgIpc) is 2.82. The summed E-state index contributed by atoms with van der Waals surface area (Å²) in [5.41, 5.74) is 1.80. The van der Waals surface area contributed by atoms with Gasteiger partial charge in [-0.05, 0) is 38.7 Å². The first-order valence-corrected chi connectivity index (χ1v) is 8.33. The van der Waals surface area contributed by atoms with Crippen molar-refractivity contribution in [1.29, 1.82) is 0 Å². The largest absolute Gasteiger partial charge is 0.388 e. The number of aromatic nitrogens is 1. The molecule has 5 heteroatoms. The van der Waals surface area contributed by atoms with Crippen LogP contribution >= 0.6 is 0 Å². The van der Waals surface area contributed by atoms with Crippen LogP contribution in [0.1, 0.15) is 43.5 Å². The van der Waals surface area contributed by atoms with Gasteiger partial charge < -0.3 is 9.67 Å². The lowest BCUT2D eigenvalue weighted by molar-refractivity contribution is 0.154.